The molecule has 0 saturated carbocycles. The topological polar surface area (TPSA) is 70.8 Å². The third kappa shape index (κ3) is 3.20. The summed E-state index contributed by atoms with van der Waals surface area (Å²) in [4.78, 5) is 13.9. The first-order valence-corrected chi connectivity index (χ1v) is 8.93. The first-order chi connectivity index (χ1) is 11.4. The van der Waals surface area contributed by atoms with Crippen molar-refractivity contribution in [2.45, 2.75) is 11.8 Å². The fourth-order valence-electron chi connectivity index (χ4n) is 2.59. The third-order valence-electron chi connectivity index (χ3n) is 3.93. The lowest BCUT2D eigenvalue weighted by atomic mass is 10.3. The van der Waals surface area contributed by atoms with Crippen LogP contribution in [-0.2, 0) is 10.0 Å². The molecule has 0 spiro atoms. The number of rotatable bonds is 3. The molecule has 1 saturated heterocycles. The summed E-state index contributed by atoms with van der Waals surface area (Å²) >= 11 is 0. The van der Waals surface area contributed by atoms with Gasteiger partial charge in [0.1, 0.15) is 11.6 Å². The van der Waals surface area contributed by atoms with Crippen LogP contribution in [0.5, 0.6) is 0 Å². The molecule has 8 heteroatoms. The number of hydrogen-bond acceptors (Lipinski definition) is 4. The highest BCUT2D eigenvalue weighted by atomic mass is 32.2. The van der Waals surface area contributed by atoms with Gasteiger partial charge in [0.15, 0.2) is 5.76 Å². The highest BCUT2D eigenvalue weighted by molar-refractivity contribution is 7.89. The molecule has 0 atom stereocenters. The van der Waals surface area contributed by atoms with E-state index in [4.69, 9.17) is 4.42 Å². The molecule has 6 nitrogen and oxygen atoms in total. The minimum Gasteiger partial charge on any atom is -0.456 e. The van der Waals surface area contributed by atoms with E-state index in [0.717, 1.165) is 12.1 Å². The SMILES string of the molecule is Cc1ccc(C(=O)N2CCN(S(=O)(=O)c3ccc(F)cc3)CC2)o1. The summed E-state index contributed by atoms with van der Waals surface area (Å²) in [7, 11) is -3.68. The molecule has 0 unspecified atom stereocenters. The monoisotopic (exact) mass is 352 g/mol. The van der Waals surface area contributed by atoms with Crippen molar-refractivity contribution < 1.29 is 22.0 Å². The summed E-state index contributed by atoms with van der Waals surface area (Å²) in [5.41, 5.74) is 0. The smallest absolute Gasteiger partial charge is 0.289 e. The quantitative estimate of drug-likeness (QED) is 0.846. The first kappa shape index (κ1) is 16.7. The summed E-state index contributed by atoms with van der Waals surface area (Å²) in [5, 5.41) is 0. The maximum Gasteiger partial charge on any atom is 0.289 e. The van der Waals surface area contributed by atoms with E-state index in [0.29, 0.717) is 5.76 Å². The van der Waals surface area contributed by atoms with Crippen molar-refractivity contribution in [3.05, 3.63) is 53.7 Å². The van der Waals surface area contributed by atoms with Crippen LogP contribution in [0.15, 0.2) is 45.7 Å². The van der Waals surface area contributed by atoms with Crippen LogP contribution in [0.2, 0.25) is 0 Å². The Morgan fingerprint density at radius 1 is 1.04 bits per heavy atom. The van der Waals surface area contributed by atoms with E-state index in [1.165, 1.54) is 16.4 Å². The number of piperazine rings is 1. The van der Waals surface area contributed by atoms with Gasteiger partial charge in [-0.05, 0) is 43.3 Å². The average molecular weight is 352 g/mol. The van der Waals surface area contributed by atoms with Gasteiger partial charge in [0.05, 0.1) is 4.90 Å². The molecule has 0 N–H and O–H groups in total. The number of nitrogens with zero attached hydrogens (tertiary/aromatic N) is 2. The second-order valence-corrected chi connectivity index (χ2v) is 7.50. The Balaban J connectivity index is 1.68. The number of hydrogen-bond donors (Lipinski definition) is 0. The van der Waals surface area contributed by atoms with Crippen molar-refractivity contribution in [2.75, 3.05) is 26.2 Å². The molecule has 3 rings (SSSR count). The Morgan fingerprint density at radius 3 is 2.21 bits per heavy atom. The second-order valence-electron chi connectivity index (χ2n) is 5.56. The van der Waals surface area contributed by atoms with Crippen LogP contribution in [-0.4, -0.2) is 49.7 Å². The zero-order valence-corrected chi connectivity index (χ0v) is 13.9. The van der Waals surface area contributed by atoms with Gasteiger partial charge in [0.25, 0.3) is 5.91 Å². The van der Waals surface area contributed by atoms with Gasteiger partial charge in [0.2, 0.25) is 10.0 Å². The summed E-state index contributed by atoms with van der Waals surface area (Å²) in [6.07, 6.45) is 0. The summed E-state index contributed by atoms with van der Waals surface area (Å²) in [6.45, 7) is 2.68. The number of aryl methyl sites for hydroxylation is 1. The summed E-state index contributed by atoms with van der Waals surface area (Å²) < 4.78 is 44.6. The van der Waals surface area contributed by atoms with Gasteiger partial charge < -0.3 is 9.32 Å². The Hall–Kier alpha value is -2.19. The van der Waals surface area contributed by atoms with Crippen molar-refractivity contribution in [3.8, 4) is 0 Å². The Bertz CT molecular complexity index is 837. The van der Waals surface area contributed by atoms with Gasteiger partial charge in [-0.25, -0.2) is 12.8 Å². The number of carbonyl (C=O) groups is 1. The molecule has 128 valence electrons. The van der Waals surface area contributed by atoms with Gasteiger partial charge in [-0.3, -0.25) is 4.79 Å². The molecule has 0 aliphatic carbocycles. The van der Waals surface area contributed by atoms with Crippen LogP contribution in [0.1, 0.15) is 16.3 Å². The van der Waals surface area contributed by atoms with Crippen molar-refractivity contribution in [1.29, 1.82) is 0 Å². The normalized spacial score (nSPS) is 16.3. The van der Waals surface area contributed by atoms with E-state index in [1.807, 2.05) is 0 Å². The molecule has 1 aromatic carbocycles. The second kappa shape index (κ2) is 6.37. The Morgan fingerprint density at radius 2 is 1.67 bits per heavy atom. The minimum atomic E-state index is -3.68. The summed E-state index contributed by atoms with van der Waals surface area (Å²) in [5.74, 6) is 0.165. The minimum absolute atomic E-state index is 0.0466. The maximum absolute atomic E-state index is 13.0. The Labute approximate surface area is 139 Å². The molecule has 24 heavy (non-hydrogen) atoms. The van der Waals surface area contributed by atoms with Gasteiger partial charge in [-0.15, -0.1) is 0 Å². The van der Waals surface area contributed by atoms with Crippen molar-refractivity contribution >= 4 is 15.9 Å². The molecule has 1 amide bonds. The maximum atomic E-state index is 13.0. The predicted molar refractivity (Wildman–Crippen MR) is 84.5 cm³/mol. The highest BCUT2D eigenvalue weighted by Gasteiger charge is 2.31. The molecule has 1 aliphatic rings. The van der Waals surface area contributed by atoms with E-state index < -0.39 is 15.8 Å². The van der Waals surface area contributed by atoms with Gasteiger partial charge >= 0.3 is 0 Å². The highest BCUT2D eigenvalue weighted by Crippen LogP contribution is 2.19. The molecule has 1 aromatic heterocycles. The number of carbonyl (C=O) groups excluding carboxylic acids is 1. The fraction of sp³-hybridized carbons (Fsp3) is 0.312. The number of halogens is 1. The van der Waals surface area contributed by atoms with Crippen LogP contribution in [0, 0.1) is 12.7 Å². The lowest BCUT2D eigenvalue weighted by molar-refractivity contribution is 0.0664. The van der Waals surface area contributed by atoms with Crippen molar-refractivity contribution in [2.24, 2.45) is 0 Å². The van der Waals surface area contributed by atoms with Gasteiger partial charge in [0, 0.05) is 26.2 Å². The van der Waals surface area contributed by atoms with Crippen LogP contribution in [0.4, 0.5) is 4.39 Å². The van der Waals surface area contributed by atoms with E-state index in [2.05, 4.69) is 0 Å². The van der Waals surface area contributed by atoms with Crippen molar-refractivity contribution in [3.63, 3.8) is 0 Å². The average Bonchev–Trinajstić information content (AvgIpc) is 3.01. The van der Waals surface area contributed by atoms with E-state index in [-0.39, 0.29) is 42.7 Å². The largest absolute Gasteiger partial charge is 0.456 e. The predicted octanol–water partition coefficient (Wildman–Crippen LogP) is 1.87. The molecule has 2 heterocycles. The molecule has 0 bridgehead atoms. The van der Waals surface area contributed by atoms with Crippen molar-refractivity contribution in [1.82, 2.24) is 9.21 Å². The van der Waals surface area contributed by atoms with Gasteiger partial charge in [-0.1, -0.05) is 0 Å². The number of furan rings is 1. The molecular formula is C16H17FN2O4S. The van der Waals surface area contributed by atoms with E-state index in [1.54, 1.807) is 24.0 Å². The lowest BCUT2D eigenvalue weighted by Crippen LogP contribution is -2.50. The third-order valence-corrected chi connectivity index (χ3v) is 5.84. The standard InChI is InChI=1S/C16H17FN2O4S/c1-12-2-7-15(23-12)16(20)18-8-10-19(11-9-18)24(21,22)14-5-3-13(17)4-6-14/h2-7H,8-11H2,1H3. The number of amides is 1. The molecular weight excluding hydrogens is 335 g/mol. The van der Waals surface area contributed by atoms with E-state index in [9.17, 15) is 17.6 Å². The van der Waals surface area contributed by atoms with Crippen LogP contribution in [0.3, 0.4) is 0 Å². The molecule has 0 radical (unpaired) electrons. The van der Waals surface area contributed by atoms with Crippen LogP contribution in [0.25, 0.3) is 0 Å². The van der Waals surface area contributed by atoms with Crippen LogP contribution >= 0.6 is 0 Å². The molecule has 1 aliphatic heterocycles. The molecule has 2 aromatic rings. The first-order valence-electron chi connectivity index (χ1n) is 7.49. The zero-order chi connectivity index (χ0) is 17.3. The lowest BCUT2D eigenvalue weighted by Gasteiger charge is -2.33. The summed E-state index contributed by atoms with van der Waals surface area (Å²) in [6, 6.07) is 8.04. The van der Waals surface area contributed by atoms with Crippen LogP contribution < -0.4 is 0 Å². The molecule has 1 fully saturated rings. The van der Waals surface area contributed by atoms with E-state index >= 15 is 0 Å². The van der Waals surface area contributed by atoms with Gasteiger partial charge in [-0.2, -0.15) is 4.31 Å². The zero-order valence-electron chi connectivity index (χ0n) is 13.1. The fourth-order valence-corrected chi connectivity index (χ4v) is 4.01. The Kier molecular flexibility index (Phi) is 4.42. The number of benzene rings is 1. The number of sulfonamides is 1.